The zero-order chi connectivity index (χ0) is 20.8. The average molecular weight is 421 g/mol. The number of hydrogen-bond donors (Lipinski definition) is 2. The van der Waals surface area contributed by atoms with E-state index in [9.17, 15) is 17.6 Å². The number of carbonyl (C=O) groups excluding carboxylic acids is 1. The molecule has 1 aromatic carbocycles. The highest BCUT2D eigenvalue weighted by molar-refractivity contribution is 7.92. The topological polar surface area (TPSA) is 106 Å². The Morgan fingerprint density at radius 3 is 2.48 bits per heavy atom. The highest BCUT2D eigenvalue weighted by atomic mass is 32.2. The number of sulfonamides is 1. The largest absolute Gasteiger partial charge is 0.371 e. The number of nitrogens with one attached hydrogen (secondary N) is 2. The van der Waals surface area contributed by atoms with Crippen molar-refractivity contribution in [1.82, 2.24) is 10.2 Å². The number of benzene rings is 1. The van der Waals surface area contributed by atoms with Gasteiger partial charge in [-0.15, -0.1) is 0 Å². The SMILES string of the molecule is CS(=O)(=O)Nc1ccc(N2CC3C(C2)C3NCC(=O)N2CC(F)CC2C#N)cc1. The van der Waals surface area contributed by atoms with E-state index in [0.29, 0.717) is 17.5 Å². The van der Waals surface area contributed by atoms with Crippen LogP contribution in [0.15, 0.2) is 24.3 Å². The molecule has 4 unspecified atom stereocenters. The Bertz CT molecular complexity index is 920. The van der Waals surface area contributed by atoms with Gasteiger partial charge >= 0.3 is 0 Å². The summed E-state index contributed by atoms with van der Waals surface area (Å²) in [6.45, 7) is 1.88. The van der Waals surface area contributed by atoms with Crippen LogP contribution in [0.1, 0.15) is 6.42 Å². The first kappa shape index (κ1) is 19.9. The predicted molar refractivity (Wildman–Crippen MR) is 107 cm³/mol. The highest BCUT2D eigenvalue weighted by Gasteiger charge is 2.55. The van der Waals surface area contributed by atoms with Crippen molar-refractivity contribution in [2.24, 2.45) is 11.8 Å². The minimum Gasteiger partial charge on any atom is -0.371 e. The van der Waals surface area contributed by atoms with Gasteiger partial charge in [-0.1, -0.05) is 0 Å². The number of carbonyl (C=O) groups is 1. The maximum absolute atomic E-state index is 13.5. The fraction of sp³-hybridized carbons (Fsp3) is 0.579. The molecule has 3 aliphatic rings. The Morgan fingerprint density at radius 2 is 1.90 bits per heavy atom. The molecular weight excluding hydrogens is 397 g/mol. The third kappa shape index (κ3) is 4.31. The number of amides is 1. The molecule has 2 saturated heterocycles. The van der Waals surface area contributed by atoms with Gasteiger partial charge in [-0.2, -0.15) is 5.26 Å². The van der Waals surface area contributed by atoms with Gasteiger partial charge in [-0.25, -0.2) is 12.8 Å². The van der Waals surface area contributed by atoms with Crippen molar-refractivity contribution < 1.29 is 17.6 Å². The van der Waals surface area contributed by atoms with Crippen molar-refractivity contribution in [3.63, 3.8) is 0 Å². The predicted octanol–water partition coefficient (Wildman–Crippen LogP) is 0.545. The van der Waals surface area contributed by atoms with Crippen LogP contribution in [0, 0.1) is 23.2 Å². The third-order valence-electron chi connectivity index (χ3n) is 5.94. The minimum absolute atomic E-state index is 0.00816. The van der Waals surface area contributed by atoms with Gasteiger partial charge < -0.3 is 15.1 Å². The Balaban J connectivity index is 1.24. The molecule has 1 aromatic rings. The molecule has 29 heavy (non-hydrogen) atoms. The molecule has 1 saturated carbocycles. The van der Waals surface area contributed by atoms with Crippen LogP contribution < -0.4 is 14.9 Å². The van der Waals surface area contributed by atoms with Gasteiger partial charge in [0.2, 0.25) is 15.9 Å². The molecule has 2 heterocycles. The molecule has 10 heteroatoms. The first-order chi connectivity index (χ1) is 13.7. The molecule has 8 nitrogen and oxygen atoms in total. The van der Waals surface area contributed by atoms with Crippen molar-refractivity contribution in [1.29, 1.82) is 5.26 Å². The molecule has 1 aliphatic carbocycles. The minimum atomic E-state index is -3.29. The lowest BCUT2D eigenvalue weighted by Gasteiger charge is -2.23. The monoisotopic (exact) mass is 421 g/mol. The Labute approximate surface area is 169 Å². The third-order valence-corrected chi connectivity index (χ3v) is 6.54. The molecule has 156 valence electrons. The molecule has 0 aromatic heterocycles. The molecule has 4 rings (SSSR count). The molecule has 0 radical (unpaired) electrons. The lowest BCUT2D eigenvalue weighted by Crippen LogP contribution is -2.42. The number of alkyl halides is 1. The number of piperidine rings is 1. The van der Waals surface area contributed by atoms with E-state index in [1.165, 1.54) is 4.90 Å². The molecular formula is C19H24FN5O3S. The molecule has 2 aliphatic heterocycles. The number of nitrogens with zero attached hydrogens (tertiary/aromatic N) is 3. The zero-order valence-corrected chi connectivity index (χ0v) is 16.9. The molecule has 2 N–H and O–H groups in total. The van der Waals surface area contributed by atoms with Gasteiger partial charge in [-0.05, 0) is 36.1 Å². The fourth-order valence-electron chi connectivity index (χ4n) is 4.48. The maximum atomic E-state index is 13.5. The maximum Gasteiger partial charge on any atom is 0.237 e. The van der Waals surface area contributed by atoms with E-state index in [2.05, 4.69) is 14.9 Å². The smallest absolute Gasteiger partial charge is 0.237 e. The Morgan fingerprint density at radius 1 is 1.24 bits per heavy atom. The first-order valence-electron chi connectivity index (χ1n) is 9.64. The van der Waals surface area contributed by atoms with E-state index in [1.807, 2.05) is 18.2 Å². The summed E-state index contributed by atoms with van der Waals surface area (Å²) in [6.07, 6.45) is 0.105. The number of fused-ring (bicyclic) bond motifs is 1. The van der Waals surface area contributed by atoms with Gasteiger partial charge in [0.25, 0.3) is 0 Å². The van der Waals surface area contributed by atoms with Crippen molar-refractivity contribution in [3.8, 4) is 6.07 Å². The van der Waals surface area contributed by atoms with Crippen molar-refractivity contribution in [2.75, 3.05) is 42.1 Å². The molecule has 1 amide bonds. The van der Waals surface area contributed by atoms with Crippen LogP contribution in [0.5, 0.6) is 0 Å². The number of anilines is 2. The van der Waals surface area contributed by atoms with Crippen LogP contribution in [-0.4, -0.2) is 69.9 Å². The second-order valence-electron chi connectivity index (χ2n) is 8.08. The second-order valence-corrected chi connectivity index (χ2v) is 9.83. The average Bonchev–Trinajstić information content (AvgIpc) is 2.99. The summed E-state index contributed by atoms with van der Waals surface area (Å²) in [6, 6.07) is 8.89. The fourth-order valence-corrected chi connectivity index (χ4v) is 5.05. The number of halogens is 1. The van der Waals surface area contributed by atoms with E-state index in [-0.39, 0.29) is 31.5 Å². The number of hydrogen-bond acceptors (Lipinski definition) is 6. The summed E-state index contributed by atoms with van der Waals surface area (Å²) < 4.78 is 38.5. The standard InChI is InChI=1S/C19H24FN5O3S/c1-29(27,28)23-13-2-4-14(5-3-13)24-10-16-17(11-24)19(16)22-8-18(26)25-9-12(20)6-15(25)7-21/h2-5,12,15-17,19,22-23H,6,8-11H2,1H3. The van der Waals surface area contributed by atoms with Gasteiger partial charge in [0.1, 0.15) is 12.2 Å². The first-order valence-corrected chi connectivity index (χ1v) is 11.5. The summed E-state index contributed by atoms with van der Waals surface area (Å²) in [5.41, 5.74) is 1.57. The van der Waals surface area contributed by atoms with E-state index in [1.54, 1.807) is 12.1 Å². The molecule has 3 fully saturated rings. The van der Waals surface area contributed by atoms with E-state index < -0.39 is 22.2 Å². The summed E-state index contributed by atoms with van der Waals surface area (Å²) in [4.78, 5) is 15.9. The summed E-state index contributed by atoms with van der Waals surface area (Å²) >= 11 is 0. The second kappa shape index (κ2) is 7.46. The molecule has 0 spiro atoms. The van der Waals surface area contributed by atoms with Crippen LogP contribution in [0.3, 0.4) is 0 Å². The highest BCUT2D eigenvalue weighted by Crippen LogP contribution is 2.46. The van der Waals surface area contributed by atoms with E-state index in [0.717, 1.165) is 25.0 Å². The quantitative estimate of drug-likeness (QED) is 0.695. The van der Waals surface area contributed by atoms with Crippen molar-refractivity contribution in [3.05, 3.63) is 24.3 Å². The van der Waals surface area contributed by atoms with Gasteiger partial charge in [0, 0.05) is 36.9 Å². The van der Waals surface area contributed by atoms with Gasteiger partial charge in [-0.3, -0.25) is 9.52 Å². The normalized spacial score (nSPS) is 30.7. The van der Waals surface area contributed by atoms with Crippen molar-refractivity contribution >= 4 is 27.3 Å². The lowest BCUT2D eigenvalue weighted by molar-refractivity contribution is -0.130. The Hall–Kier alpha value is -2.38. The van der Waals surface area contributed by atoms with Crippen LogP contribution in [0.25, 0.3) is 0 Å². The van der Waals surface area contributed by atoms with Crippen LogP contribution in [-0.2, 0) is 14.8 Å². The Kier molecular flexibility index (Phi) is 5.12. The van der Waals surface area contributed by atoms with E-state index >= 15 is 0 Å². The van der Waals surface area contributed by atoms with Crippen LogP contribution in [0.2, 0.25) is 0 Å². The molecule has 0 bridgehead atoms. The van der Waals surface area contributed by atoms with Gasteiger partial charge in [0.15, 0.2) is 0 Å². The number of nitriles is 1. The summed E-state index contributed by atoms with van der Waals surface area (Å²) in [5.74, 6) is 0.694. The summed E-state index contributed by atoms with van der Waals surface area (Å²) in [5, 5.41) is 12.3. The summed E-state index contributed by atoms with van der Waals surface area (Å²) in [7, 11) is -3.29. The van der Waals surface area contributed by atoms with Crippen LogP contribution >= 0.6 is 0 Å². The van der Waals surface area contributed by atoms with Crippen LogP contribution in [0.4, 0.5) is 15.8 Å². The zero-order valence-electron chi connectivity index (χ0n) is 16.1. The van der Waals surface area contributed by atoms with Gasteiger partial charge in [0.05, 0.1) is 25.4 Å². The molecule has 4 atom stereocenters. The number of rotatable bonds is 6. The lowest BCUT2D eigenvalue weighted by atomic mass is 10.2. The van der Waals surface area contributed by atoms with E-state index in [4.69, 9.17) is 5.26 Å². The van der Waals surface area contributed by atoms with Crippen molar-refractivity contribution in [2.45, 2.75) is 24.7 Å². The number of likely N-dealkylation sites (tertiary alicyclic amines) is 1.